The quantitative estimate of drug-likeness (QED) is 0.675. The maximum Gasteiger partial charge on any atom is 0.347 e. The molecule has 4 nitrogen and oxygen atoms in total. The molecule has 0 aromatic heterocycles. The highest BCUT2D eigenvalue weighted by molar-refractivity contribution is 6.35. The largest absolute Gasteiger partial charge is 0.479 e. The lowest BCUT2D eigenvalue weighted by atomic mass is 10.3. The van der Waals surface area contributed by atoms with Crippen LogP contribution in [0.25, 0.3) is 0 Å². The summed E-state index contributed by atoms with van der Waals surface area (Å²) in [5, 5.41) is 0.966. The molecular weight excluding hydrogens is 339 g/mol. The molecule has 0 bridgehead atoms. The zero-order chi connectivity index (χ0) is 16.8. The molecule has 0 heterocycles. The monoisotopic (exact) mass is 354 g/mol. The Morgan fingerprint density at radius 2 is 1.74 bits per heavy atom. The van der Waals surface area contributed by atoms with Gasteiger partial charge in [0.2, 0.25) is 0 Å². The molecule has 0 radical (unpaired) electrons. The minimum absolute atomic E-state index is 0.321. The van der Waals surface area contributed by atoms with E-state index >= 15 is 0 Å². The van der Waals surface area contributed by atoms with Gasteiger partial charge < -0.3 is 14.2 Å². The summed E-state index contributed by atoms with van der Waals surface area (Å²) in [5.74, 6) is 1.23. The average molecular weight is 355 g/mol. The Kier molecular flexibility index (Phi) is 6.13. The second-order valence-electron chi connectivity index (χ2n) is 4.66. The summed E-state index contributed by atoms with van der Waals surface area (Å²) in [4.78, 5) is 11.5. The summed E-state index contributed by atoms with van der Waals surface area (Å²) in [5.41, 5.74) is 0. The molecule has 6 heteroatoms. The predicted molar refractivity (Wildman–Crippen MR) is 89.7 cm³/mol. The summed E-state index contributed by atoms with van der Waals surface area (Å²) < 4.78 is 16.1. The van der Waals surface area contributed by atoms with E-state index in [1.54, 1.807) is 56.3 Å². The van der Waals surface area contributed by atoms with Crippen LogP contribution in [-0.2, 0) is 9.53 Å². The van der Waals surface area contributed by atoms with E-state index in [1.165, 1.54) is 0 Å². The summed E-state index contributed by atoms with van der Waals surface area (Å²) in [6, 6.07) is 11.8. The Hall–Kier alpha value is -1.91. The van der Waals surface area contributed by atoms with E-state index in [0.717, 1.165) is 0 Å². The van der Waals surface area contributed by atoms with Gasteiger partial charge in [0.15, 0.2) is 6.10 Å². The standard InChI is InChI=1S/C17H16Cl2O4/c1-3-21-17(20)11(2)22-13-5-7-14(8-6-13)23-16-9-4-12(18)10-15(16)19/h4-11H,3H2,1-2H3. The number of halogens is 2. The van der Waals surface area contributed by atoms with Crippen LogP contribution >= 0.6 is 23.2 Å². The van der Waals surface area contributed by atoms with E-state index in [4.69, 9.17) is 37.4 Å². The highest BCUT2D eigenvalue weighted by Gasteiger charge is 2.15. The van der Waals surface area contributed by atoms with Gasteiger partial charge in [-0.15, -0.1) is 0 Å². The van der Waals surface area contributed by atoms with Gasteiger partial charge in [0.1, 0.15) is 17.2 Å². The van der Waals surface area contributed by atoms with Crippen molar-refractivity contribution < 1.29 is 19.0 Å². The lowest BCUT2D eigenvalue weighted by Crippen LogP contribution is -2.25. The molecule has 0 fully saturated rings. The van der Waals surface area contributed by atoms with Crippen LogP contribution in [0.1, 0.15) is 13.8 Å². The molecule has 2 rings (SSSR count). The fraction of sp³-hybridized carbons (Fsp3) is 0.235. The third kappa shape index (κ3) is 5.05. The van der Waals surface area contributed by atoms with Crippen molar-refractivity contribution in [3.8, 4) is 17.2 Å². The smallest absolute Gasteiger partial charge is 0.347 e. The van der Waals surface area contributed by atoms with Gasteiger partial charge in [-0.3, -0.25) is 0 Å². The van der Waals surface area contributed by atoms with Crippen LogP contribution in [0.3, 0.4) is 0 Å². The molecule has 0 aliphatic carbocycles. The van der Waals surface area contributed by atoms with Crippen molar-refractivity contribution in [3.63, 3.8) is 0 Å². The van der Waals surface area contributed by atoms with Gasteiger partial charge in [-0.2, -0.15) is 0 Å². The van der Waals surface area contributed by atoms with Crippen molar-refractivity contribution in [3.05, 3.63) is 52.5 Å². The SMILES string of the molecule is CCOC(=O)C(C)Oc1ccc(Oc2ccc(Cl)cc2Cl)cc1. The van der Waals surface area contributed by atoms with Crippen LogP contribution in [0.4, 0.5) is 0 Å². The predicted octanol–water partition coefficient (Wildman–Crippen LogP) is 5.12. The maximum atomic E-state index is 11.5. The van der Waals surface area contributed by atoms with Gasteiger partial charge in [-0.1, -0.05) is 23.2 Å². The zero-order valence-corrected chi connectivity index (χ0v) is 14.2. The molecule has 0 spiro atoms. The lowest BCUT2D eigenvalue weighted by Gasteiger charge is -2.14. The molecule has 0 aliphatic rings. The first-order valence-corrected chi connectivity index (χ1v) is 7.81. The zero-order valence-electron chi connectivity index (χ0n) is 12.7. The van der Waals surface area contributed by atoms with E-state index in [2.05, 4.69) is 0 Å². The van der Waals surface area contributed by atoms with Crippen molar-refractivity contribution >= 4 is 29.2 Å². The Balaban J connectivity index is 2.00. The van der Waals surface area contributed by atoms with Gasteiger partial charge >= 0.3 is 5.97 Å². The summed E-state index contributed by atoms with van der Waals surface area (Å²) in [7, 11) is 0. The fourth-order valence-corrected chi connectivity index (χ4v) is 2.23. The number of hydrogen-bond donors (Lipinski definition) is 0. The molecule has 2 aromatic rings. The van der Waals surface area contributed by atoms with Gasteiger partial charge in [0.25, 0.3) is 0 Å². The van der Waals surface area contributed by atoms with E-state index < -0.39 is 12.1 Å². The Labute approximate surface area is 144 Å². The first-order valence-electron chi connectivity index (χ1n) is 7.06. The Morgan fingerprint density at radius 1 is 1.09 bits per heavy atom. The first kappa shape index (κ1) is 17.4. The molecule has 23 heavy (non-hydrogen) atoms. The highest BCUT2D eigenvalue weighted by Crippen LogP contribution is 2.32. The maximum absolute atomic E-state index is 11.5. The van der Waals surface area contributed by atoms with Crippen molar-refractivity contribution in [2.75, 3.05) is 6.61 Å². The molecule has 1 atom stereocenters. The van der Waals surface area contributed by atoms with Crippen LogP contribution in [-0.4, -0.2) is 18.7 Å². The van der Waals surface area contributed by atoms with Crippen LogP contribution in [0.2, 0.25) is 10.0 Å². The molecule has 0 amide bonds. The van der Waals surface area contributed by atoms with Crippen LogP contribution in [0.5, 0.6) is 17.2 Å². The van der Waals surface area contributed by atoms with Crippen molar-refractivity contribution in [2.45, 2.75) is 20.0 Å². The Bertz CT molecular complexity index is 671. The Morgan fingerprint density at radius 3 is 2.35 bits per heavy atom. The lowest BCUT2D eigenvalue weighted by molar-refractivity contribution is -0.150. The number of esters is 1. The summed E-state index contributed by atoms with van der Waals surface area (Å²) in [6.07, 6.45) is -0.674. The third-order valence-electron chi connectivity index (χ3n) is 2.88. The topological polar surface area (TPSA) is 44.8 Å². The van der Waals surface area contributed by atoms with E-state index in [9.17, 15) is 4.79 Å². The summed E-state index contributed by atoms with van der Waals surface area (Å²) in [6.45, 7) is 3.70. The number of benzene rings is 2. The molecule has 2 aromatic carbocycles. The van der Waals surface area contributed by atoms with Crippen molar-refractivity contribution in [1.82, 2.24) is 0 Å². The third-order valence-corrected chi connectivity index (χ3v) is 3.41. The average Bonchev–Trinajstić information content (AvgIpc) is 2.52. The van der Waals surface area contributed by atoms with E-state index in [0.29, 0.717) is 33.9 Å². The number of ether oxygens (including phenoxy) is 3. The van der Waals surface area contributed by atoms with Gasteiger partial charge in [0.05, 0.1) is 11.6 Å². The molecule has 0 saturated carbocycles. The van der Waals surface area contributed by atoms with E-state index in [-0.39, 0.29) is 0 Å². The summed E-state index contributed by atoms with van der Waals surface area (Å²) >= 11 is 11.9. The number of carbonyl (C=O) groups excluding carboxylic acids is 1. The van der Waals surface area contributed by atoms with Crippen molar-refractivity contribution in [2.24, 2.45) is 0 Å². The molecule has 0 aliphatic heterocycles. The van der Waals surface area contributed by atoms with Crippen LogP contribution in [0.15, 0.2) is 42.5 Å². The molecule has 0 N–H and O–H groups in total. The number of rotatable bonds is 6. The van der Waals surface area contributed by atoms with Gasteiger partial charge in [0, 0.05) is 5.02 Å². The normalized spacial score (nSPS) is 11.7. The van der Waals surface area contributed by atoms with Crippen LogP contribution in [0, 0.1) is 0 Å². The minimum atomic E-state index is -0.674. The van der Waals surface area contributed by atoms with Crippen molar-refractivity contribution in [1.29, 1.82) is 0 Å². The van der Waals surface area contributed by atoms with Gasteiger partial charge in [-0.25, -0.2) is 4.79 Å². The van der Waals surface area contributed by atoms with Crippen LogP contribution < -0.4 is 9.47 Å². The first-order chi connectivity index (χ1) is 11.0. The molecule has 1 unspecified atom stereocenters. The van der Waals surface area contributed by atoms with Gasteiger partial charge in [-0.05, 0) is 56.3 Å². The second-order valence-corrected chi connectivity index (χ2v) is 5.50. The fourth-order valence-electron chi connectivity index (χ4n) is 1.78. The number of carbonyl (C=O) groups is 1. The second kappa shape index (κ2) is 8.09. The molecule has 0 saturated heterocycles. The molecule has 122 valence electrons. The minimum Gasteiger partial charge on any atom is -0.479 e. The molecular formula is C17H16Cl2O4. The van der Waals surface area contributed by atoms with E-state index in [1.807, 2.05) is 0 Å². The highest BCUT2D eigenvalue weighted by atomic mass is 35.5. The number of hydrogen-bond acceptors (Lipinski definition) is 4.